The highest BCUT2D eigenvalue weighted by Crippen LogP contribution is 2.23. The van der Waals surface area contributed by atoms with Gasteiger partial charge in [0.15, 0.2) is 11.6 Å². The van der Waals surface area contributed by atoms with Crippen LogP contribution >= 0.6 is 15.9 Å². The molecule has 0 aliphatic heterocycles. The van der Waals surface area contributed by atoms with Crippen LogP contribution in [0.2, 0.25) is 0 Å². The second-order valence-electron chi connectivity index (χ2n) is 5.35. The van der Waals surface area contributed by atoms with Crippen LogP contribution in [0.3, 0.4) is 0 Å². The van der Waals surface area contributed by atoms with Crippen molar-refractivity contribution in [2.24, 2.45) is 5.92 Å². The third-order valence-electron chi connectivity index (χ3n) is 3.62. The zero-order valence-corrected chi connectivity index (χ0v) is 12.9. The van der Waals surface area contributed by atoms with Crippen LogP contribution in [0.25, 0.3) is 0 Å². The molecule has 2 atom stereocenters. The molecule has 1 aliphatic carbocycles. The quantitative estimate of drug-likeness (QED) is 0.820. The summed E-state index contributed by atoms with van der Waals surface area (Å²) in [5.41, 5.74) is 0. The molecule has 1 saturated carbocycles. The van der Waals surface area contributed by atoms with Crippen molar-refractivity contribution in [1.29, 1.82) is 0 Å². The van der Waals surface area contributed by atoms with Crippen LogP contribution in [0.15, 0.2) is 22.7 Å². The first-order valence-electron chi connectivity index (χ1n) is 6.96. The summed E-state index contributed by atoms with van der Waals surface area (Å²) in [6.45, 7) is 3.58. The van der Waals surface area contributed by atoms with E-state index in [9.17, 15) is 4.39 Å². The molecule has 1 aromatic rings. The molecule has 1 aliphatic rings. The molecule has 1 N–H and O–H groups in total. The molecule has 106 valence electrons. The van der Waals surface area contributed by atoms with E-state index in [1.807, 2.05) is 0 Å². The number of ether oxygens (including phenoxy) is 1. The SMILES string of the molecule is CC1CCCC(NCCOc2ccc(Br)cc2F)C1. The van der Waals surface area contributed by atoms with Crippen molar-refractivity contribution in [2.75, 3.05) is 13.2 Å². The molecule has 2 rings (SSSR count). The number of hydrogen-bond acceptors (Lipinski definition) is 2. The second-order valence-corrected chi connectivity index (χ2v) is 6.26. The number of rotatable bonds is 5. The first-order chi connectivity index (χ1) is 9.15. The van der Waals surface area contributed by atoms with Gasteiger partial charge in [-0.2, -0.15) is 0 Å². The first kappa shape index (κ1) is 14.8. The summed E-state index contributed by atoms with van der Waals surface area (Å²) in [5.74, 6) is 0.818. The molecular formula is C15H21BrFNO. The summed E-state index contributed by atoms with van der Waals surface area (Å²) in [6, 6.07) is 5.46. The van der Waals surface area contributed by atoms with Gasteiger partial charge in [-0.3, -0.25) is 0 Å². The predicted molar refractivity (Wildman–Crippen MR) is 79.0 cm³/mol. The van der Waals surface area contributed by atoms with Gasteiger partial charge in [-0.1, -0.05) is 35.7 Å². The highest BCUT2D eigenvalue weighted by atomic mass is 79.9. The molecule has 0 heterocycles. The largest absolute Gasteiger partial charge is 0.489 e. The molecule has 0 aromatic heterocycles. The molecule has 0 radical (unpaired) electrons. The van der Waals surface area contributed by atoms with Crippen LogP contribution in [-0.2, 0) is 0 Å². The fraction of sp³-hybridized carbons (Fsp3) is 0.600. The van der Waals surface area contributed by atoms with Gasteiger partial charge in [0.05, 0.1) is 0 Å². The Morgan fingerprint density at radius 3 is 3.00 bits per heavy atom. The van der Waals surface area contributed by atoms with Crippen molar-refractivity contribution in [2.45, 2.75) is 38.6 Å². The van der Waals surface area contributed by atoms with E-state index < -0.39 is 0 Å². The lowest BCUT2D eigenvalue weighted by atomic mass is 9.87. The zero-order valence-electron chi connectivity index (χ0n) is 11.3. The van der Waals surface area contributed by atoms with E-state index in [0.717, 1.165) is 16.9 Å². The van der Waals surface area contributed by atoms with Crippen molar-refractivity contribution in [3.8, 4) is 5.75 Å². The van der Waals surface area contributed by atoms with Crippen molar-refractivity contribution < 1.29 is 9.13 Å². The maximum absolute atomic E-state index is 13.5. The topological polar surface area (TPSA) is 21.3 Å². The Morgan fingerprint density at radius 1 is 1.42 bits per heavy atom. The van der Waals surface area contributed by atoms with Crippen LogP contribution in [0.4, 0.5) is 4.39 Å². The van der Waals surface area contributed by atoms with Gasteiger partial charge in [-0.05, 0) is 37.0 Å². The predicted octanol–water partition coefficient (Wildman–Crippen LogP) is 4.14. The van der Waals surface area contributed by atoms with Gasteiger partial charge in [-0.25, -0.2) is 4.39 Å². The lowest BCUT2D eigenvalue weighted by molar-refractivity contribution is 0.260. The van der Waals surface area contributed by atoms with Crippen molar-refractivity contribution in [3.05, 3.63) is 28.5 Å². The smallest absolute Gasteiger partial charge is 0.166 e. The molecule has 4 heteroatoms. The van der Waals surface area contributed by atoms with Crippen LogP contribution in [-0.4, -0.2) is 19.2 Å². The zero-order chi connectivity index (χ0) is 13.7. The van der Waals surface area contributed by atoms with E-state index in [1.54, 1.807) is 12.1 Å². The van der Waals surface area contributed by atoms with Crippen molar-refractivity contribution in [1.82, 2.24) is 5.32 Å². The molecule has 2 nitrogen and oxygen atoms in total. The Hall–Kier alpha value is -0.610. The van der Waals surface area contributed by atoms with Gasteiger partial charge in [0.1, 0.15) is 6.61 Å². The van der Waals surface area contributed by atoms with Crippen LogP contribution in [0.1, 0.15) is 32.6 Å². The first-order valence-corrected chi connectivity index (χ1v) is 7.75. The maximum Gasteiger partial charge on any atom is 0.166 e. The molecule has 0 spiro atoms. The third-order valence-corrected chi connectivity index (χ3v) is 4.12. The normalized spacial score (nSPS) is 23.3. The minimum Gasteiger partial charge on any atom is -0.489 e. The Kier molecular flexibility index (Phi) is 5.64. The van der Waals surface area contributed by atoms with Gasteiger partial charge in [-0.15, -0.1) is 0 Å². The monoisotopic (exact) mass is 329 g/mol. The molecule has 2 unspecified atom stereocenters. The van der Waals surface area contributed by atoms with Gasteiger partial charge >= 0.3 is 0 Å². The molecular weight excluding hydrogens is 309 g/mol. The summed E-state index contributed by atoms with van der Waals surface area (Å²) in [4.78, 5) is 0. The molecule has 1 aromatic carbocycles. The highest BCUT2D eigenvalue weighted by molar-refractivity contribution is 9.10. The number of hydrogen-bond donors (Lipinski definition) is 1. The third kappa shape index (κ3) is 4.77. The average molecular weight is 330 g/mol. The van der Waals surface area contributed by atoms with Gasteiger partial charge in [0.2, 0.25) is 0 Å². The molecule has 0 saturated heterocycles. The molecule has 0 amide bonds. The fourth-order valence-electron chi connectivity index (χ4n) is 2.64. The van der Waals surface area contributed by atoms with E-state index in [2.05, 4.69) is 28.2 Å². The minimum atomic E-state index is -0.319. The summed E-state index contributed by atoms with van der Waals surface area (Å²) in [5, 5.41) is 3.50. The van der Waals surface area contributed by atoms with Gasteiger partial charge < -0.3 is 10.1 Å². The fourth-order valence-corrected chi connectivity index (χ4v) is 2.97. The van der Waals surface area contributed by atoms with Crippen molar-refractivity contribution in [3.63, 3.8) is 0 Å². The average Bonchev–Trinajstić information content (AvgIpc) is 2.37. The Balaban J connectivity index is 1.69. The van der Waals surface area contributed by atoms with E-state index >= 15 is 0 Å². The number of benzene rings is 1. The minimum absolute atomic E-state index is 0.319. The summed E-state index contributed by atoms with van der Waals surface area (Å²) >= 11 is 3.23. The van der Waals surface area contributed by atoms with E-state index in [4.69, 9.17) is 4.74 Å². The maximum atomic E-state index is 13.5. The lowest BCUT2D eigenvalue weighted by Gasteiger charge is -2.27. The highest BCUT2D eigenvalue weighted by Gasteiger charge is 2.17. The van der Waals surface area contributed by atoms with Crippen LogP contribution in [0.5, 0.6) is 5.75 Å². The lowest BCUT2D eigenvalue weighted by Crippen LogP contribution is -2.36. The summed E-state index contributed by atoms with van der Waals surface area (Å²) in [7, 11) is 0. The van der Waals surface area contributed by atoms with Gasteiger partial charge in [0.25, 0.3) is 0 Å². The van der Waals surface area contributed by atoms with Crippen molar-refractivity contribution >= 4 is 15.9 Å². The van der Waals surface area contributed by atoms with E-state index in [1.165, 1.54) is 31.7 Å². The van der Waals surface area contributed by atoms with Gasteiger partial charge in [0, 0.05) is 17.1 Å². The van der Waals surface area contributed by atoms with Crippen LogP contribution < -0.4 is 10.1 Å². The Morgan fingerprint density at radius 2 is 2.26 bits per heavy atom. The molecule has 0 bridgehead atoms. The molecule has 1 fully saturated rings. The number of nitrogens with one attached hydrogen (secondary N) is 1. The standard InChI is InChI=1S/C15H21BrFNO/c1-11-3-2-4-13(9-11)18-7-8-19-15-6-5-12(16)10-14(15)17/h5-6,10-11,13,18H,2-4,7-9H2,1H3. The van der Waals surface area contributed by atoms with Crippen LogP contribution in [0, 0.1) is 11.7 Å². The number of halogens is 2. The Labute approximate surface area is 122 Å². The second kappa shape index (κ2) is 7.25. The van der Waals surface area contributed by atoms with E-state index in [-0.39, 0.29) is 5.82 Å². The summed E-state index contributed by atoms with van der Waals surface area (Å²) in [6.07, 6.45) is 5.14. The molecule has 19 heavy (non-hydrogen) atoms. The summed E-state index contributed by atoms with van der Waals surface area (Å²) < 4.78 is 19.7. The van der Waals surface area contributed by atoms with E-state index in [0.29, 0.717) is 18.4 Å². The Bertz CT molecular complexity index is 413.